The summed E-state index contributed by atoms with van der Waals surface area (Å²) in [4.78, 5) is 13.8. The van der Waals surface area contributed by atoms with E-state index in [2.05, 4.69) is 18.7 Å². The molecule has 0 amide bonds. The van der Waals surface area contributed by atoms with Gasteiger partial charge in [-0.1, -0.05) is 44.2 Å². The molecule has 5 nitrogen and oxygen atoms in total. The van der Waals surface area contributed by atoms with E-state index >= 15 is 0 Å². The number of nitrogens with two attached hydrogens (primary N) is 1. The van der Waals surface area contributed by atoms with Crippen LogP contribution >= 0.6 is 0 Å². The Morgan fingerprint density at radius 1 is 1.38 bits per heavy atom. The number of nitrogens with zero attached hydrogens (tertiary/aromatic N) is 1. The Hall–Kier alpha value is -1.43. The molecule has 0 bridgehead atoms. The molecule has 3 N–H and O–H groups in total. The van der Waals surface area contributed by atoms with Gasteiger partial charge in [0, 0.05) is 26.7 Å². The molecule has 1 rings (SSSR count). The number of hydrogen-bond donors (Lipinski definition) is 2. The molecule has 0 aromatic heterocycles. The van der Waals surface area contributed by atoms with Gasteiger partial charge in [0.2, 0.25) is 0 Å². The van der Waals surface area contributed by atoms with Crippen molar-refractivity contribution >= 4 is 5.97 Å². The molecular formula is C16H26N2O3. The van der Waals surface area contributed by atoms with Crippen LogP contribution in [-0.2, 0) is 15.1 Å². The molecule has 0 fully saturated rings. The number of carboxylic acid groups (broad SMARTS) is 1. The van der Waals surface area contributed by atoms with E-state index in [0.717, 1.165) is 6.54 Å². The summed E-state index contributed by atoms with van der Waals surface area (Å²) in [5.74, 6) is -0.587. The Morgan fingerprint density at radius 2 is 2.00 bits per heavy atom. The highest BCUT2D eigenvalue weighted by atomic mass is 16.5. The number of rotatable bonds is 9. The second kappa shape index (κ2) is 8.12. The normalized spacial score (nSPS) is 14.4. The maximum Gasteiger partial charge on any atom is 0.329 e. The van der Waals surface area contributed by atoms with Gasteiger partial charge in [0.05, 0.1) is 6.61 Å². The van der Waals surface area contributed by atoms with Gasteiger partial charge in [-0.2, -0.15) is 0 Å². The number of methoxy groups -OCH3 is 1. The first-order valence-electron chi connectivity index (χ1n) is 7.19. The molecular weight excluding hydrogens is 268 g/mol. The molecule has 0 aliphatic rings. The first-order chi connectivity index (χ1) is 9.90. The molecule has 0 spiro atoms. The fourth-order valence-electron chi connectivity index (χ4n) is 2.34. The van der Waals surface area contributed by atoms with Crippen molar-refractivity contribution in [3.63, 3.8) is 0 Å². The zero-order valence-electron chi connectivity index (χ0n) is 13.1. The predicted octanol–water partition coefficient (Wildman–Crippen LogP) is 1.53. The third-order valence-corrected chi connectivity index (χ3v) is 3.38. The number of hydrogen-bond acceptors (Lipinski definition) is 4. The number of aliphatic carboxylic acids is 1. The summed E-state index contributed by atoms with van der Waals surface area (Å²) in [6.45, 7) is 6.45. The Kier molecular flexibility index (Phi) is 6.81. The molecule has 1 aromatic carbocycles. The summed E-state index contributed by atoms with van der Waals surface area (Å²) in [7, 11) is 1.64. The van der Waals surface area contributed by atoms with E-state index in [9.17, 15) is 9.90 Å². The highest BCUT2D eigenvalue weighted by Crippen LogP contribution is 2.20. The maximum atomic E-state index is 11.7. The average molecular weight is 294 g/mol. The van der Waals surface area contributed by atoms with E-state index in [4.69, 9.17) is 10.5 Å². The first-order valence-corrected chi connectivity index (χ1v) is 7.19. The van der Waals surface area contributed by atoms with E-state index < -0.39 is 11.5 Å². The van der Waals surface area contributed by atoms with Gasteiger partial charge >= 0.3 is 5.97 Å². The van der Waals surface area contributed by atoms with Gasteiger partial charge in [0.1, 0.15) is 0 Å². The Morgan fingerprint density at radius 3 is 2.48 bits per heavy atom. The zero-order valence-corrected chi connectivity index (χ0v) is 13.1. The minimum atomic E-state index is -1.41. The zero-order chi connectivity index (χ0) is 15.9. The van der Waals surface area contributed by atoms with Crippen molar-refractivity contribution in [1.82, 2.24) is 4.90 Å². The summed E-state index contributed by atoms with van der Waals surface area (Å²) >= 11 is 0. The topological polar surface area (TPSA) is 75.8 Å². The van der Waals surface area contributed by atoms with Crippen LogP contribution in [0.25, 0.3) is 0 Å². The van der Waals surface area contributed by atoms with E-state index in [1.807, 2.05) is 18.2 Å². The van der Waals surface area contributed by atoms with Crippen LogP contribution in [0, 0.1) is 5.92 Å². The fraction of sp³-hybridized carbons (Fsp3) is 0.562. The van der Waals surface area contributed by atoms with Gasteiger partial charge in [-0.15, -0.1) is 0 Å². The lowest BCUT2D eigenvalue weighted by Gasteiger charge is -2.33. The van der Waals surface area contributed by atoms with Crippen LogP contribution in [0.1, 0.15) is 19.4 Å². The van der Waals surface area contributed by atoms with Gasteiger partial charge in [0.25, 0.3) is 0 Å². The van der Waals surface area contributed by atoms with Gasteiger partial charge in [0.15, 0.2) is 5.54 Å². The van der Waals surface area contributed by atoms with Crippen LogP contribution in [-0.4, -0.2) is 49.3 Å². The third kappa shape index (κ3) is 5.12. The number of benzene rings is 1. The second-order valence-electron chi connectivity index (χ2n) is 5.76. The molecule has 0 saturated carbocycles. The summed E-state index contributed by atoms with van der Waals surface area (Å²) in [6.07, 6.45) is 0. The van der Waals surface area contributed by atoms with E-state index in [1.54, 1.807) is 19.2 Å². The van der Waals surface area contributed by atoms with Crippen molar-refractivity contribution in [2.75, 3.05) is 33.4 Å². The minimum Gasteiger partial charge on any atom is -0.480 e. The number of carbonyl (C=O) groups is 1. The fourth-order valence-corrected chi connectivity index (χ4v) is 2.34. The quantitative estimate of drug-likeness (QED) is 0.722. The van der Waals surface area contributed by atoms with Crippen molar-refractivity contribution in [2.24, 2.45) is 11.7 Å². The van der Waals surface area contributed by atoms with Gasteiger partial charge in [-0.25, -0.2) is 4.79 Å². The summed E-state index contributed by atoms with van der Waals surface area (Å²) in [5, 5.41) is 9.61. The predicted molar refractivity (Wildman–Crippen MR) is 83.1 cm³/mol. The lowest BCUT2D eigenvalue weighted by atomic mass is 9.90. The highest BCUT2D eigenvalue weighted by molar-refractivity contribution is 5.80. The molecule has 0 aliphatic heterocycles. The third-order valence-electron chi connectivity index (χ3n) is 3.38. The summed E-state index contributed by atoms with van der Waals surface area (Å²) < 4.78 is 5.10. The molecule has 5 heteroatoms. The first kappa shape index (κ1) is 17.6. The molecule has 1 aromatic rings. The molecule has 21 heavy (non-hydrogen) atoms. The van der Waals surface area contributed by atoms with Crippen molar-refractivity contribution in [3.8, 4) is 0 Å². The molecule has 0 radical (unpaired) electrons. The Bertz CT molecular complexity index is 436. The van der Waals surface area contributed by atoms with E-state index in [0.29, 0.717) is 24.6 Å². The second-order valence-corrected chi connectivity index (χ2v) is 5.76. The van der Waals surface area contributed by atoms with E-state index in [1.165, 1.54) is 0 Å². The molecule has 0 heterocycles. The summed E-state index contributed by atoms with van der Waals surface area (Å²) in [5.41, 5.74) is 5.43. The van der Waals surface area contributed by atoms with Gasteiger partial charge in [-0.05, 0) is 11.5 Å². The maximum absolute atomic E-state index is 11.7. The molecule has 118 valence electrons. The largest absolute Gasteiger partial charge is 0.480 e. The standard InChI is InChI=1S/C16H26N2O3/c1-13(2)11-18(9-10-21-3)12-16(17,15(19)20)14-7-5-4-6-8-14/h4-8,13H,9-12,17H2,1-3H3,(H,19,20). The SMILES string of the molecule is COCCN(CC(C)C)CC(N)(C(=O)O)c1ccccc1. The Labute approximate surface area is 126 Å². The van der Waals surface area contributed by atoms with Crippen LogP contribution in [0.15, 0.2) is 30.3 Å². The molecule has 1 unspecified atom stereocenters. The number of ether oxygens (including phenoxy) is 1. The minimum absolute atomic E-state index is 0.258. The Balaban J connectivity index is 2.95. The molecule has 0 aliphatic carbocycles. The molecule has 1 atom stereocenters. The lowest BCUT2D eigenvalue weighted by Crippen LogP contribution is -2.54. The van der Waals surface area contributed by atoms with Gasteiger partial charge < -0.3 is 15.6 Å². The highest BCUT2D eigenvalue weighted by Gasteiger charge is 2.37. The van der Waals surface area contributed by atoms with Crippen molar-refractivity contribution < 1.29 is 14.6 Å². The smallest absolute Gasteiger partial charge is 0.329 e. The van der Waals surface area contributed by atoms with Crippen LogP contribution in [0.5, 0.6) is 0 Å². The van der Waals surface area contributed by atoms with Crippen molar-refractivity contribution in [3.05, 3.63) is 35.9 Å². The monoisotopic (exact) mass is 294 g/mol. The van der Waals surface area contributed by atoms with Crippen molar-refractivity contribution in [2.45, 2.75) is 19.4 Å². The van der Waals surface area contributed by atoms with Crippen LogP contribution in [0.2, 0.25) is 0 Å². The van der Waals surface area contributed by atoms with Gasteiger partial charge in [-0.3, -0.25) is 4.90 Å². The van der Waals surface area contributed by atoms with Crippen LogP contribution < -0.4 is 5.73 Å². The lowest BCUT2D eigenvalue weighted by molar-refractivity contribution is -0.144. The summed E-state index contributed by atoms with van der Waals surface area (Å²) in [6, 6.07) is 8.99. The van der Waals surface area contributed by atoms with Crippen LogP contribution in [0.3, 0.4) is 0 Å². The average Bonchev–Trinajstić information content (AvgIpc) is 2.44. The van der Waals surface area contributed by atoms with Crippen LogP contribution in [0.4, 0.5) is 0 Å². The molecule has 0 saturated heterocycles. The van der Waals surface area contributed by atoms with Crippen molar-refractivity contribution in [1.29, 1.82) is 0 Å². The number of carboxylic acids is 1. The van der Waals surface area contributed by atoms with E-state index in [-0.39, 0.29) is 6.54 Å².